The number of fused-ring (bicyclic) bond motifs is 2. The molecule has 302 valence electrons. The first-order chi connectivity index (χ1) is 27.9. The maximum absolute atomic E-state index is 14.1. The number of nitrogens with one attached hydrogen (secondary N) is 1. The van der Waals surface area contributed by atoms with Gasteiger partial charge in [0.05, 0.1) is 11.6 Å². The Labute approximate surface area is 330 Å². The van der Waals surface area contributed by atoms with Gasteiger partial charge in [-0.25, -0.2) is 23.7 Å². The van der Waals surface area contributed by atoms with Gasteiger partial charge in [0.15, 0.2) is 17.2 Å². The molecule has 3 aromatic heterocycles. The van der Waals surface area contributed by atoms with Crippen molar-refractivity contribution in [2.45, 2.75) is 77.8 Å². The molecule has 3 N–H and O–H groups in total. The number of aliphatic hydroxyl groups is 1. The third-order valence-electron chi connectivity index (χ3n) is 11.0. The zero-order valence-corrected chi connectivity index (χ0v) is 31.8. The Morgan fingerprint density at radius 2 is 1.71 bits per heavy atom. The molecule has 0 spiro atoms. The van der Waals surface area contributed by atoms with Gasteiger partial charge in [-0.2, -0.15) is 8.78 Å². The number of aliphatic carboxylic acids is 1. The van der Waals surface area contributed by atoms with Crippen LogP contribution < -0.4 is 10.1 Å². The first-order valence-electron chi connectivity index (χ1n) is 19.1. The van der Waals surface area contributed by atoms with E-state index in [1.807, 2.05) is 50.2 Å². The summed E-state index contributed by atoms with van der Waals surface area (Å²) in [5, 5.41) is 23.0. The monoisotopic (exact) mass is 799 g/mol. The predicted molar refractivity (Wildman–Crippen MR) is 208 cm³/mol. The predicted octanol–water partition coefficient (Wildman–Crippen LogP) is 8.41. The summed E-state index contributed by atoms with van der Waals surface area (Å²) in [6.45, 7) is 3.06. The SMILES string of the molecule is Cc1c(Nc2nc(C(F)F)nc3cc(CN4CCC(O)C4)cnc23)cccc1-c1cccc(-c2nc3cc(CN4CCCCC4C(=O)O)c(OC(F)F)cc3o2)c1C. The number of alkyl halides is 4. The first-order valence-corrected chi connectivity index (χ1v) is 19.1. The van der Waals surface area contributed by atoms with Gasteiger partial charge in [-0.15, -0.1) is 0 Å². The number of carboxylic acid groups (broad SMARTS) is 1. The Morgan fingerprint density at radius 3 is 2.45 bits per heavy atom. The first kappa shape index (κ1) is 39.1. The molecular weight excluding hydrogens is 758 g/mol. The molecule has 2 fully saturated rings. The number of benzene rings is 3. The van der Waals surface area contributed by atoms with Gasteiger partial charge in [0, 0.05) is 55.3 Å². The highest BCUT2D eigenvalue weighted by molar-refractivity contribution is 5.89. The molecule has 2 aliphatic rings. The van der Waals surface area contributed by atoms with Crippen molar-refractivity contribution in [1.82, 2.24) is 29.7 Å². The molecule has 2 saturated heterocycles. The lowest BCUT2D eigenvalue weighted by Gasteiger charge is -2.33. The fourth-order valence-electron chi connectivity index (χ4n) is 8.03. The van der Waals surface area contributed by atoms with Crippen molar-refractivity contribution in [3.63, 3.8) is 0 Å². The van der Waals surface area contributed by atoms with Gasteiger partial charge >= 0.3 is 12.6 Å². The van der Waals surface area contributed by atoms with E-state index >= 15 is 0 Å². The van der Waals surface area contributed by atoms with E-state index in [4.69, 9.17) is 14.1 Å². The molecule has 6 aromatic rings. The van der Waals surface area contributed by atoms with Crippen molar-refractivity contribution >= 4 is 39.6 Å². The van der Waals surface area contributed by atoms with E-state index in [-0.39, 0.29) is 35.1 Å². The van der Waals surface area contributed by atoms with E-state index < -0.39 is 37.0 Å². The minimum Gasteiger partial charge on any atom is -0.480 e. The average molecular weight is 800 g/mol. The smallest absolute Gasteiger partial charge is 0.387 e. The van der Waals surface area contributed by atoms with Gasteiger partial charge in [-0.05, 0) is 91.7 Å². The molecule has 0 bridgehead atoms. The number of aromatic nitrogens is 4. The maximum Gasteiger partial charge on any atom is 0.387 e. The second kappa shape index (κ2) is 16.3. The number of hydrogen-bond donors (Lipinski definition) is 3. The van der Waals surface area contributed by atoms with Crippen molar-refractivity contribution < 1.29 is 41.7 Å². The number of pyridine rings is 1. The Balaban J connectivity index is 1.11. The minimum absolute atomic E-state index is 0.0885. The molecule has 2 unspecified atom stereocenters. The van der Waals surface area contributed by atoms with Crippen molar-refractivity contribution in [2.24, 2.45) is 0 Å². The standard InChI is InChI=1S/C42H41F4N7O5/c1-22-27(7-5-9-29(22)40-50-31-16-25(34(58-42(45)46)17-35(31)57-40)20-53-13-4-3-11-33(53)41(55)56)28-8-6-10-30(23(28)2)48-38-36-32(49-39(51-38)37(43)44)15-24(18-47-36)19-52-14-12-26(54)21-52/h5-10,15-18,26,33,37,42,54H,3-4,11-14,19-21H2,1-2H3,(H,55,56)(H,48,49,51). The molecule has 2 atom stereocenters. The van der Waals surface area contributed by atoms with E-state index in [0.717, 1.165) is 47.2 Å². The van der Waals surface area contributed by atoms with E-state index in [2.05, 4.69) is 25.2 Å². The van der Waals surface area contributed by atoms with Gasteiger partial charge in [0.1, 0.15) is 22.8 Å². The van der Waals surface area contributed by atoms with Crippen molar-refractivity contribution in [3.05, 3.63) is 88.9 Å². The van der Waals surface area contributed by atoms with Crippen LogP contribution in [0.2, 0.25) is 0 Å². The quantitative estimate of drug-likeness (QED) is 0.102. The summed E-state index contributed by atoms with van der Waals surface area (Å²) in [7, 11) is 0. The van der Waals surface area contributed by atoms with E-state index in [0.29, 0.717) is 60.3 Å². The largest absolute Gasteiger partial charge is 0.480 e. The van der Waals surface area contributed by atoms with Crippen molar-refractivity contribution in [2.75, 3.05) is 25.0 Å². The highest BCUT2D eigenvalue weighted by atomic mass is 19.3. The topological polar surface area (TPSA) is 150 Å². The molecule has 3 aromatic carbocycles. The Bertz CT molecular complexity index is 2500. The Kier molecular flexibility index (Phi) is 11.0. The van der Waals surface area contributed by atoms with Gasteiger partial charge in [-0.3, -0.25) is 19.6 Å². The second-order valence-electron chi connectivity index (χ2n) is 14.8. The molecule has 5 heterocycles. The zero-order valence-electron chi connectivity index (χ0n) is 31.8. The van der Waals surface area contributed by atoms with Gasteiger partial charge in [0.2, 0.25) is 5.89 Å². The number of piperidine rings is 1. The van der Waals surface area contributed by atoms with Crippen LogP contribution in [0.5, 0.6) is 5.75 Å². The van der Waals surface area contributed by atoms with Gasteiger partial charge in [-0.1, -0.05) is 30.7 Å². The average Bonchev–Trinajstić information content (AvgIpc) is 3.80. The summed E-state index contributed by atoms with van der Waals surface area (Å²) in [5.74, 6) is -1.31. The molecule has 0 aliphatic carbocycles. The van der Waals surface area contributed by atoms with Crippen LogP contribution in [-0.4, -0.2) is 84.3 Å². The number of aliphatic hydroxyl groups excluding tert-OH is 1. The molecule has 0 saturated carbocycles. The van der Waals surface area contributed by atoms with Crippen molar-refractivity contribution in [1.29, 1.82) is 0 Å². The van der Waals surface area contributed by atoms with E-state index in [1.165, 1.54) is 6.07 Å². The van der Waals surface area contributed by atoms with Crippen LogP contribution in [-0.2, 0) is 17.9 Å². The molecule has 58 heavy (non-hydrogen) atoms. The fourth-order valence-corrected chi connectivity index (χ4v) is 8.03. The fraction of sp³-hybridized carbons (Fsp3) is 0.357. The van der Waals surface area contributed by atoms with Crippen LogP contribution in [0.15, 0.2) is 65.2 Å². The molecular formula is C42H41F4N7O5. The number of oxazole rings is 1. The molecule has 8 rings (SSSR count). The lowest BCUT2D eigenvalue weighted by Crippen LogP contribution is -2.44. The number of nitrogens with zero attached hydrogens (tertiary/aromatic N) is 6. The number of ether oxygens (including phenoxy) is 1. The van der Waals surface area contributed by atoms with Crippen LogP contribution >= 0.6 is 0 Å². The van der Waals surface area contributed by atoms with Crippen molar-refractivity contribution in [3.8, 4) is 28.3 Å². The second-order valence-corrected chi connectivity index (χ2v) is 14.8. The highest BCUT2D eigenvalue weighted by Gasteiger charge is 2.30. The number of hydrogen-bond acceptors (Lipinski definition) is 11. The van der Waals surface area contributed by atoms with Crippen LogP contribution in [0.3, 0.4) is 0 Å². The summed E-state index contributed by atoms with van der Waals surface area (Å²) < 4.78 is 66.4. The zero-order chi connectivity index (χ0) is 40.7. The minimum atomic E-state index is -3.10. The van der Waals surface area contributed by atoms with Gasteiger partial charge in [0.25, 0.3) is 6.43 Å². The summed E-state index contributed by atoms with van der Waals surface area (Å²) in [5.41, 5.74) is 6.93. The summed E-state index contributed by atoms with van der Waals surface area (Å²) in [6.07, 6.45) is 1.06. The van der Waals surface area contributed by atoms with Crippen LogP contribution in [0.4, 0.5) is 29.1 Å². The maximum atomic E-state index is 14.1. The third-order valence-corrected chi connectivity index (χ3v) is 11.0. The number of likely N-dealkylation sites (tertiary alicyclic amines) is 2. The summed E-state index contributed by atoms with van der Waals surface area (Å²) in [4.78, 5) is 33.4. The lowest BCUT2D eigenvalue weighted by molar-refractivity contribution is -0.144. The van der Waals surface area contributed by atoms with Gasteiger partial charge < -0.3 is 24.7 Å². The Hall–Kier alpha value is -5.71. The molecule has 0 amide bonds. The number of halogens is 4. The van der Waals surface area contributed by atoms with Crippen LogP contribution in [0, 0.1) is 13.8 Å². The molecule has 12 nitrogen and oxygen atoms in total. The number of β-amino-alcohol motifs (C(OH)–C–C–N with tert-alkyl or cyclic N) is 1. The molecule has 2 aliphatic heterocycles. The molecule has 16 heteroatoms. The van der Waals surface area contributed by atoms with E-state index in [1.54, 1.807) is 23.2 Å². The van der Waals surface area contributed by atoms with E-state index in [9.17, 15) is 32.6 Å². The number of carboxylic acids is 1. The highest BCUT2D eigenvalue weighted by Crippen LogP contribution is 2.39. The Morgan fingerprint density at radius 1 is 0.931 bits per heavy atom. The number of rotatable bonds is 12. The molecule has 0 radical (unpaired) electrons. The number of carbonyl (C=O) groups is 1. The number of anilines is 2. The summed E-state index contributed by atoms with van der Waals surface area (Å²) in [6, 6.07) is 15.2. The lowest BCUT2D eigenvalue weighted by atomic mass is 9.93. The van der Waals surface area contributed by atoms with Crippen LogP contribution in [0.1, 0.15) is 60.2 Å². The van der Waals surface area contributed by atoms with Crippen LogP contribution in [0.25, 0.3) is 44.7 Å². The normalized spacial score (nSPS) is 17.9. The third kappa shape index (κ3) is 8.04. The summed E-state index contributed by atoms with van der Waals surface area (Å²) >= 11 is 0.